The Kier molecular flexibility index (Phi) is 7.46. The summed E-state index contributed by atoms with van der Waals surface area (Å²) in [5.74, 6) is 0. The number of anilines is 2. The molecule has 0 saturated heterocycles. The van der Waals surface area contributed by atoms with E-state index >= 15 is 0 Å². The molecule has 5 heterocycles. The van der Waals surface area contributed by atoms with Gasteiger partial charge in [-0.05, 0) is 107 Å². The Labute approximate surface area is 386 Å². The largest absolute Gasteiger partial charge is 0.355 e. The lowest BCUT2D eigenvalue weighted by Gasteiger charge is -2.25. The maximum Gasteiger partial charge on any atom is 0.198 e. The molecule has 302 valence electrons. The highest BCUT2D eigenvalue weighted by Crippen LogP contribution is 2.50. The molecular formula is C59H35BN2S3. The molecule has 6 heteroatoms. The molecule has 0 unspecified atom stereocenters. The second-order valence-electron chi connectivity index (χ2n) is 17.7. The Balaban J connectivity index is 1.14. The Morgan fingerprint density at radius 1 is 0.477 bits per heavy atom. The summed E-state index contributed by atoms with van der Waals surface area (Å²) in [5.41, 5.74) is 15.1. The molecule has 0 spiro atoms. The van der Waals surface area contributed by atoms with Crippen LogP contribution >= 0.6 is 34.0 Å². The molecule has 0 bridgehead atoms. The van der Waals surface area contributed by atoms with Gasteiger partial charge in [0.25, 0.3) is 0 Å². The quantitative estimate of drug-likeness (QED) is 0.174. The van der Waals surface area contributed by atoms with Crippen molar-refractivity contribution < 1.29 is 0 Å². The lowest BCUT2D eigenvalue weighted by Crippen LogP contribution is -2.37. The summed E-state index contributed by atoms with van der Waals surface area (Å²) < 4.78 is 10.6. The van der Waals surface area contributed by atoms with Crippen molar-refractivity contribution >= 4 is 157 Å². The first-order chi connectivity index (χ1) is 32.1. The standard InChI is InChI=1S/C59H35BN2S3/c1-32-18-22-35(23-19-32)61-46-26-25-41-38-13-5-9-17-51(38)65-59(41)54(46)44-29-42(34-20-24-40-37-12-4-7-15-49(37)63-52(40)28-34)56-55-36-11-3-2-10-33(36)21-27-47(55)62-48-30-43-39-14-6-8-16-50(39)64-53(43)31-45(48)60-57(44)58(56)62/h2-31,60-61H,1H3. The Morgan fingerprint density at radius 2 is 1.12 bits per heavy atom. The fourth-order valence-corrected chi connectivity index (χ4v) is 14.7. The summed E-state index contributed by atoms with van der Waals surface area (Å²) in [4.78, 5) is 0. The molecule has 0 amide bonds. The summed E-state index contributed by atoms with van der Waals surface area (Å²) in [6, 6.07) is 68.7. The molecule has 14 aromatic rings. The highest BCUT2D eigenvalue weighted by Gasteiger charge is 2.31. The number of thiophene rings is 3. The number of nitrogens with zero attached hydrogens (tertiary/aromatic N) is 1. The first-order valence-electron chi connectivity index (χ1n) is 22.3. The van der Waals surface area contributed by atoms with Crippen LogP contribution < -0.4 is 16.2 Å². The summed E-state index contributed by atoms with van der Waals surface area (Å²) >= 11 is 5.72. The number of aryl methyl sites for hydroxylation is 1. The lowest BCUT2D eigenvalue weighted by molar-refractivity contribution is 1.20. The molecule has 0 radical (unpaired) electrons. The van der Waals surface area contributed by atoms with Crippen LogP contribution in [0.2, 0.25) is 0 Å². The van der Waals surface area contributed by atoms with Crippen LogP contribution in [-0.2, 0) is 0 Å². The van der Waals surface area contributed by atoms with Crippen LogP contribution in [0.25, 0.3) is 121 Å². The van der Waals surface area contributed by atoms with E-state index < -0.39 is 0 Å². The number of fused-ring (bicyclic) bond motifs is 16. The molecule has 10 aromatic carbocycles. The molecule has 1 aliphatic heterocycles. The Morgan fingerprint density at radius 3 is 1.91 bits per heavy atom. The highest BCUT2D eigenvalue weighted by molar-refractivity contribution is 7.27. The van der Waals surface area contributed by atoms with Gasteiger partial charge in [0.2, 0.25) is 0 Å². The second-order valence-corrected chi connectivity index (χ2v) is 20.9. The van der Waals surface area contributed by atoms with E-state index in [9.17, 15) is 0 Å². The SMILES string of the molecule is Cc1ccc(Nc2ccc3c(sc4ccccc43)c2-c2cc(-c3ccc4c(c3)sc3ccccc34)c3c4c5ccccc5ccc4n4c3c2Bc2cc3sc5ccccc5c3cc2-4)cc1. The molecule has 1 aliphatic rings. The third-order valence-corrected chi connectivity index (χ3v) is 17.5. The van der Waals surface area contributed by atoms with Crippen LogP contribution in [0.1, 0.15) is 5.56 Å². The zero-order chi connectivity index (χ0) is 42.5. The van der Waals surface area contributed by atoms with Crippen molar-refractivity contribution in [3.05, 3.63) is 188 Å². The Bertz CT molecular complexity index is 4370. The molecule has 1 N–H and O–H groups in total. The first kappa shape index (κ1) is 36.2. The van der Waals surface area contributed by atoms with Crippen LogP contribution in [0, 0.1) is 6.92 Å². The van der Waals surface area contributed by atoms with E-state index in [1.165, 1.54) is 138 Å². The minimum absolute atomic E-state index is 0.820. The van der Waals surface area contributed by atoms with Crippen LogP contribution in [0.3, 0.4) is 0 Å². The normalized spacial score (nSPS) is 12.5. The highest BCUT2D eigenvalue weighted by atomic mass is 32.1. The van der Waals surface area contributed by atoms with E-state index in [0.717, 1.165) is 18.7 Å². The van der Waals surface area contributed by atoms with Crippen molar-refractivity contribution in [1.29, 1.82) is 0 Å². The fourth-order valence-electron chi connectivity index (χ4n) is 11.1. The van der Waals surface area contributed by atoms with Crippen molar-refractivity contribution in [1.82, 2.24) is 4.57 Å². The average molecular weight is 879 g/mol. The van der Waals surface area contributed by atoms with Crippen LogP contribution in [-0.4, -0.2) is 11.8 Å². The van der Waals surface area contributed by atoms with E-state index in [1.54, 1.807) is 0 Å². The molecule has 15 rings (SSSR count). The summed E-state index contributed by atoms with van der Waals surface area (Å²) in [5, 5.41) is 17.1. The molecule has 0 saturated carbocycles. The Hall–Kier alpha value is -7.22. The third-order valence-electron chi connectivity index (χ3n) is 14.1. The zero-order valence-electron chi connectivity index (χ0n) is 35.2. The summed E-state index contributed by atoms with van der Waals surface area (Å²) in [6.07, 6.45) is 0. The topological polar surface area (TPSA) is 17.0 Å². The van der Waals surface area contributed by atoms with Gasteiger partial charge < -0.3 is 9.88 Å². The van der Waals surface area contributed by atoms with Crippen molar-refractivity contribution in [2.24, 2.45) is 0 Å². The van der Waals surface area contributed by atoms with Gasteiger partial charge in [-0.1, -0.05) is 126 Å². The van der Waals surface area contributed by atoms with Gasteiger partial charge in [-0.25, -0.2) is 0 Å². The van der Waals surface area contributed by atoms with Gasteiger partial charge in [-0.15, -0.1) is 34.0 Å². The lowest BCUT2D eigenvalue weighted by atomic mass is 9.58. The van der Waals surface area contributed by atoms with E-state index in [4.69, 9.17) is 0 Å². The molecule has 0 aliphatic carbocycles. The van der Waals surface area contributed by atoms with E-state index in [0.29, 0.717) is 0 Å². The third kappa shape index (κ3) is 5.16. The maximum atomic E-state index is 3.98. The summed E-state index contributed by atoms with van der Waals surface area (Å²) in [6.45, 7) is 2.16. The van der Waals surface area contributed by atoms with Gasteiger partial charge in [0.1, 0.15) is 0 Å². The molecule has 65 heavy (non-hydrogen) atoms. The number of nitrogens with one attached hydrogen (secondary N) is 1. The molecule has 0 fully saturated rings. The molecule has 4 aromatic heterocycles. The van der Waals surface area contributed by atoms with E-state index in [2.05, 4.69) is 199 Å². The van der Waals surface area contributed by atoms with E-state index in [-0.39, 0.29) is 0 Å². The van der Waals surface area contributed by atoms with Gasteiger partial charge in [0.15, 0.2) is 7.28 Å². The average Bonchev–Trinajstić information content (AvgIpc) is 4.11. The second kappa shape index (κ2) is 13.4. The molecule has 0 atom stereocenters. The van der Waals surface area contributed by atoms with Gasteiger partial charge in [0, 0.05) is 99.4 Å². The monoisotopic (exact) mass is 878 g/mol. The van der Waals surface area contributed by atoms with Crippen molar-refractivity contribution in [2.45, 2.75) is 6.92 Å². The minimum Gasteiger partial charge on any atom is -0.355 e. The molecular weight excluding hydrogens is 844 g/mol. The van der Waals surface area contributed by atoms with Gasteiger partial charge in [0.05, 0.1) is 5.52 Å². The van der Waals surface area contributed by atoms with Gasteiger partial charge in [-0.2, -0.15) is 0 Å². The first-order valence-corrected chi connectivity index (χ1v) is 24.7. The predicted octanol–water partition coefficient (Wildman–Crippen LogP) is 16.1. The zero-order valence-corrected chi connectivity index (χ0v) is 37.6. The van der Waals surface area contributed by atoms with Crippen molar-refractivity contribution in [3.63, 3.8) is 0 Å². The number of hydrogen-bond acceptors (Lipinski definition) is 4. The predicted molar refractivity (Wildman–Crippen MR) is 289 cm³/mol. The summed E-state index contributed by atoms with van der Waals surface area (Å²) in [7, 11) is 0.820. The smallest absolute Gasteiger partial charge is 0.198 e. The minimum atomic E-state index is 0.820. The van der Waals surface area contributed by atoms with Gasteiger partial charge >= 0.3 is 0 Å². The fraction of sp³-hybridized carbons (Fsp3) is 0.0169. The van der Waals surface area contributed by atoms with Gasteiger partial charge in [-0.3, -0.25) is 0 Å². The van der Waals surface area contributed by atoms with Crippen molar-refractivity contribution in [2.75, 3.05) is 5.32 Å². The number of aromatic nitrogens is 1. The van der Waals surface area contributed by atoms with E-state index in [1.807, 2.05) is 34.0 Å². The number of hydrogen-bond donors (Lipinski definition) is 1. The number of benzene rings is 10. The van der Waals surface area contributed by atoms with Crippen molar-refractivity contribution in [3.8, 4) is 27.9 Å². The number of rotatable bonds is 4. The maximum absolute atomic E-state index is 3.98. The van der Waals surface area contributed by atoms with Crippen LogP contribution in [0.5, 0.6) is 0 Å². The van der Waals surface area contributed by atoms with Crippen LogP contribution in [0.4, 0.5) is 11.4 Å². The molecule has 2 nitrogen and oxygen atoms in total. The van der Waals surface area contributed by atoms with Crippen LogP contribution in [0.15, 0.2) is 182 Å².